The Morgan fingerprint density at radius 1 is 1.48 bits per heavy atom. The molecule has 0 bridgehead atoms. The van der Waals surface area contributed by atoms with Crippen LogP contribution in [0.15, 0.2) is 17.2 Å². The largest absolute Gasteiger partial charge is 0.411 e. The summed E-state index contributed by atoms with van der Waals surface area (Å²) in [4.78, 5) is 11.7. The summed E-state index contributed by atoms with van der Waals surface area (Å²) in [7, 11) is 1.12. The maximum atomic E-state index is 12.8. The Labute approximate surface area is 123 Å². The number of alkyl halides is 3. The minimum atomic E-state index is -4.53. The van der Waals surface area contributed by atoms with Crippen LogP contribution >= 0.6 is 10.7 Å². The number of carbonyl (C=O) groups is 1. The van der Waals surface area contributed by atoms with Gasteiger partial charge in [0, 0.05) is 23.4 Å². The summed E-state index contributed by atoms with van der Waals surface area (Å²) in [5.74, 6) is -0.974. The van der Waals surface area contributed by atoms with Gasteiger partial charge in [-0.2, -0.15) is 13.2 Å². The van der Waals surface area contributed by atoms with Crippen LogP contribution < -0.4 is 5.32 Å². The number of halogens is 4. The van der Waals surface area contributed by atoms with E-state index in [-0.39, 0.29) is 30.0 Å². The molecule has 5 nitrogen and oxygen atoms in total. The molecule has 1 aliphatic carbocycles. The molecule has 1 aromatic heterocycles. The number of carbonyl (C=O) groups excluding carboxylic acids is 1. The van der Waals surface area contributed by atoms with E-state index in [4.69, 9.17) is 10.7 Å². The van der Waals surface area contributed by atoms with Crippen molar-refractivity contribution >= 4 is 25.6 Å². The number of aromatic nitrogens is 1. The van der Waals surface area contributed by atoms with Gasteiger partial charge in [0.25, 0.3) is 15.0 Å². The van der Waals surface area contributed by atoms with Gasteiger partial charge >= 0.3 is 6.18 Å². The second kappa shape index (κ2) is 4.91. The topological polar surface area (TPSA) is 68.2 Å². The number of hydrogen-bond acceptors (Lipinski definition) is 3. The quantitative estimate of drug-likeness (QED) is 0.852. The molecule has 1 fully saturated rings. The van der Waals surface area contributed by atoms with Crippen molar-refractivity contribution in [2.45, 2.75) is 42.9 Å². The smallest absolute Gasteiger partial charge is 0.342 e. The standard InChI is InChI=1S/C11H12ClF3N2O3S/c1-2-17-6-7(21(12,19)20)5-8(17)9(18)16-10(3-4-10)11(13,14)15/h5-6H,2-4H2,1H3,(H,16,18). The summed E-state index contributed by atoms with van der Waals surface area (Å²) in [5.41, 5.74) is -2.38. The second-order valence-corrected chi connectivity index (χ2v) is 7.38. The molecular weight excluding hydrogens is 333 g/mol. The number of nitrogens with zero attached hydrogens (tertiary/aromatic N) is 1. The number of hydrogen-bond donors (Lipinski definition) is 1. The average molecular weight is 345 g/mol. The highest BCUT2D eigenvalue weighted by Gasteiger charge is 2.64. The van der Waals surface area contributed by atoms with Gasteiger partial charge in [-0.3, -0.25) is 4.79 Å². The number of amides is 1. The molecule has 0 aliphatic heterocycles. The van der Waals surface area contributed by atoms with Crippen molar-refractivity contribution in [1.82, 2.24) is 9.88 Å². The normalized spacial score (nSPS) is 17.6. The van der Waals surface area contributed by atoms with E-state index in [1.54, 1.807) is 6.92 Å². The van der Waals surface area contributed by atoms with Crippen LogP contribution in [0.4, 0.5) is 13.2 Å². The van der Waals surface area contributed by atoms with Gasteiger partial charge in [-0.15, -0.1) is 0 Å². The van der Waals surface area contributed by atoms with Crippen molar-refractivity contribution in [3.63, 3.8) is 0 Å². The molecule has 0 unspecified atom stereocenters. The SMILES string of the molecule is CCn1cc(S(=O)(=O)Cl)cc1C(=O)NC1(C(F)(F)F)CC1. The molecule has 10 heteroatoms. The van der Waals surface area contributed by atoms with Crippen molar-refractivity contribution in [1.29, 1.82) is 0 Å². The van der Waals surface area contributed by atoms with Crippen LogP contribution in [-0.4, -0.2) is 30.6 Å². The third-order valence-electron chi connectivity index (χ3n) is 3.37. The monoisotopic (exact) mass is 344 g/mol. The van der Waals surface area contributed by atoms with E-state index in [0.717, 1.165) is 12.3 Å². The summed E-state index contributed by atoms with van der Waals surface area (Å²) in [5, 5.41) is 1.94. The van der Waals surface area contributed by atoms with Crippen LogP contribution in [0, 0.1) is 0 Å². The van der Waals surface area contributed by atoms with Crippen molar-refractivity contribution in [2.24, 2.45) is 0 Å². The van der Waals surface area contributed by atoms with Crippen molar-refractivity contribution < 1.29 is 26.4 Å². The lowest BCUT2D eigenvalue weighted by Crippen LogP contribution is -2.48. The molecule has 0 radical (unpaired) electrons. The predicted octanol–water partition coefficient (Wildman–Crippen LogP) is 2.26. The highest BCUT2D eigenvalue weighted by molar-refractivity contribution is 8.13. The van der Waals surface area contributed by atoms with Gasteiger partial charge < -0.3 is 9.88 Å². The van der Waals surface area contributed by atoms with E-state index >= 15 is 0 Å². The summed E-state index contributed by atoms with van der Waals surface area (Å²) in [6, 6.07) is 0.966. The maximum Gasteiger partial charge on any atom is 0.411 e. The molecule has 1 heterocycles. The highest BCUT2D eigenvalue weighted by Crippen LogP contribution is 2.49. The highest BCUT2D eigenvalue weighted by atomic mass is 35.7. The summed E-state index contributed by atoms with van der Waals surface area (Å²) in [6.45, 7) is 1.84. The summed E-state index contributed by atoms with van der Waals surface area (Å²) >= 11 is 0. The van der Waals surface area contributed by atoms with Crippen LogP contribution in [0.2, 0.25) is 0 Å². The molecule has 1 saturated carbocycles. The van der Waals surface area contributed by atoms with Crippen LogP contribution in [0.5, 0.6) is 0 Å². The van der Waals surface area contributed by atoms with Gasteiger partial charge in [-0.25, -0.2) is 8.42 Å². The minimum absolute atomic E-state index is 0.174. The molecule has 1 aromatic rings. The van der Waals surface area contributed by atoms with Crippen LogP contribution in [-0.2, 0) is 15.6 Å². The first-order valence-corrected chi connectivity index (χ1v) is 8.35. The van der Waals surface area contributed by atoms with E-state index in [9.17, 15) is 26.4 Å². The molecule has 21 heavy (non-hydrogen) atoms. The van der Waals surface area contributed by atoms with Gasteiger partial charge in [-0.1, -0.05) is 0 Å². The summed E-state index contributed by atoms with van der Waals surface area (Å²) < 4.78 is 62.1. The fourth-order valence-corrected chi connectivity index (χ4v) is 2.71. The lowest BCUT2D eigenvalue weighted by atomic mass is 10.2. The van der Waals surface area contributed by atoms with Crippen LogP contribution in [0.3, 0.4) is 0 Å². The van der Waals surface area contributed by atoms with E-state index < -0.39 is 26.7 Å². The molecule has 0 atom stereocenters. The van der Waals surface area contributed by atoms with E-state index in [1.807, 2.05) is 5.32 Å². The Balaban J connectivity index is 2.30. The lowest BCUT2D eigenvalue weighted by Gasteiger charge is -2.20. The van der Waals surface area contributed by atoms with Crippen LogP contribution in [0.1, 0.15) is 30.3 Å². The molecule has 1 amide bonds. The zero-order chi connectivity index (χ0) is 16.1. The minimum Gasteiger partial charge on any atom is -0.342 e. The van der Waals surface area contributed by atoms with Crippen LogP contribution in [0.25, 0.3) is 0 Å². The molecule has 1 N–H and O–H groups in total. The fourth-order valence-electron chi connectivity index (χ4n) is 1.95. The van der Waals surface area contributed by atoms with Gasteiger partial charge in [0.05, 0.1) is 0 Å². The first kappa shape index (κ1) is 16.2. The Kier molecular flexibility index (Phi) is 3.78. The summed E-state index contributed by atoms with van der Waals surface area (Å²) in [6.07, 6.45) is -3.79. The maximum absolute atomic E-state index is 12.8. The molecular formula is C11H12ClF3N2O3S. The number of aryl methyl sites for hydroxylation is 1. The Morgan fingerprint density at radius 2 is 2.05 bits per heavy atom. The number of nitrogens with one attached hydrogen (secondary N) is 1. The average Bonchev–Trinajstić information content (AvgIpc) is 2.98. The zero-order valence-corrected chi connectivity index (χ0v) is 12.4. The Hall–Kier alpha value is -1.22. The molecule has 2 rings (SSSR count). The van der Waals surface area contributed by atoms with Gasteiger partial charge in [0.2, 0.25) is 0 Å². The molecule has 0 aromatic carbocycles. The van der Waals surface area contributed by atoms with E-state index in [0.29, 0.717) is 0 Å². The van der Waals surface area contributed by atoms with Gasteiger partial charge in [0.15, 0.2) is 0 Å². The molecule has 1 aliphatic rings. The lowest BCUT2D eigenvalue weighted by molar-refractivity contribution is -0.163. The first-order chi connectivity index (χ1) is 9.50. The van der Waals surface area contributed by atoms with Crippen molar-refractivity contribution in [3.8, 4) is 0 Å². The van der Waals surface area contributed by atoms with Crippen molar-refractivity contribution in [3.05, 3.63) is 18.0 Å². The molecule has 0 saturated heterocycles. The van der Waals surface area contributed by atoms with Gasteiger partial charge in [0.1, 0.15) is 16.1 Å². The first-order valence-electron chi connectivity index (χ1n) is 6.04. The van der Waals surface area contributed by atoms with Crippen molar-refractivity contribution in [2.75, 3.05) is 0 Å². The third kappa shape index (κ3) is 3.03. The van der Waals surface area contributed by atoms with Gasteiger partial charge in [-0.05, 0) is 25.8 Å². The zero-order valence-electron chi connectivity index (χ0n) is 10.9. The van der Waals surface area contributed by atoms with E-state index in [1.165, 1.54) is 4.57 Å². The Bertz CT molecular complexity index is 677. The predicted molar refractivity (Wildman–Crippen MR) is 68.6 cm³/mol. The molecule has 0 spiro atoms. The molecule has 118 valence electrons. The van der Waals surface area contributed by atoms with E-state index in [2.05, 4.69) is 0 Å². The fraction of sp³-hybridized carbons (Fsp3) is 0.545. The second-order valence-electron chi connectivity index (χ2n) is 4.82. The number of rotatable bonds is 4. The third-order valence-corrected chi connectivity index (χ3v) is 4.69. The Morgan fingerprint density at radius 3 is 2.43 bits per heavy atom.